The second-order valence-corrected chi connectivity index (χ2v) is 7.16. The quantitative estimate of drug-likeness (QED) is 0.765. The van der Waals surface area contributed by atoms with Crippen molar-refractivity contribution >= 4 is 41.0 Å². The van der Waals surface area contributed by atoms with Crippen LogP contribution < -0.4 is 10.6 Å². The van der Waals surface area contributed by atoms with E-state index in [-0.39, 0.29) is 12.6 Å². The first-order valence-corrected chi connectivity index (χ1v) is 8.63. The molecule has 7 heteroatoms. The van der Waals surface area contributed by atoms with E-state index in [1.165, 1.54) is 12.2 Å². The fraction of sp³-hybridized carbons (Fsp3) is 0.500. The number of carbonyl (C=O) groups is 1. The van der Waals surface area contributed by atoms with Crippen LogP contribution in [0.15, 0.2) is 18.2 Å². The highest BCUT2D eigenvalue weighted by Crippen LogP contribution is 2.26. The standard InChI is InChI=1S/C14H18Cl2N2O2S/c15-9-3-4-11(12(16)6-9)13(19)8-18-14(20)17-7-10-2-1-5-21-10/h3-4,6,10,13,19H,1-2,5,7-8H2,(H2,17,18,20). The van der Waals surface area contributed by atoms with Crippen LogP contribution in [0.25, 0.3) is 0 Å². The number of carbonyl (C=O) groups excluding carboxylic acids is 1. The third kappa shape index (κ3) is 5.25. The number of hydrogen-bond acceptors (Lipinski definition) is 3. The number of rotatable bonds is 5. The Balaban J connectivity index is 1.74. The third-order valence-electron chi connectivity index (χ3n) is 3.29. The Bertz CT molecular complexity index is 496. The van der Waals surface area contributed by atoms with Crippen molar-refractivity contribution in [1.29, 1.82) is 0 Å². The minimum absolute atomic E-state index is 0.102. The van der Waals surface area contributed by atoms with Gasteiger partial charge in [-0.1, -0.05) is 29.3 Å². The number of amides is 2. The lowest BCUT2D eigenvalue weighted by Gasteiger charge is -2.15. The summed E-state index contributed by atoms with van der Waals surface area (Å²) in [5.74, 6) is 1.17. The van der Waals surface area contributed by atoms with Gasteiger partial charge in [0.25, 0.3) is 0 Å². The van der Waals surface area contributed by atoms with Crippen molar-refractivity contribution in [2.45, 2.75) is 24.2 Å². The largest absolute Gasteiger partial charge is 0.387 e. The minimum Gasteiger partial charge on any atom is -0.387 e. The van der Waals surface area contributed by atoms with Crippen molar-refractivity contribution in [1.82, 2.24) is 10.6 Å². The van der Waals surface area contributed by atoms with E-state index >= 15 is 0 Å². The van der Waals surface area contributed by atoms with Crippen LogP contribution in [-0.2, 0) is 0 Å². The van der Waals surface area contributed by atoms with E-state index in [0.29, 0.717) is 27.4 Å². The smallest absolute Gasteiger partial charge is 0.314 e. The van der Waals surface area contributed by atoms with Crippen molar-refractivity contribution in [3.63, 3.8) is 0 Å². The molecule has 2 atom stereocenters. The Hall–Kier alpha value is -0.620. The number of nitrogens with one attached hydrogen (secondary N) is 2. The monoisotopic (exact) mass is 348 g/mol. The Morgan fingerprint density at radius 1 is 1.43 bits per heavy atom. The summed E-state index contributed by atoms with van der Waals surface area (Å²) in [6.45, 7) is 0.763. The zero-order valence-corrected chi connectivity index (χ0v) is 13.8. The first kappa shape index (κ1) is 16.7. The fourth-order valence-electron chi connectivity index (χ4n) is 2.15. The van der Waals surface area contributed by atoms with Gasteiger partial charge in [-0.2, -0.15) is 11.8 Å². The second-order valence-electron chi connectivity index (χ2n) is 4.91. The van der Waals surface area contributed by atoms with E-state index < -0.39 is 6.10 Å². The van der Waals surface area contributed by atoms with Crippen molar-refractivity contribution in [2.24, 2.45) is 0 Å². The van der Waals surface area contributed by atoms with Gasteiger partial charge in [0.05, 0.1) is 6.10 Å². The van der Waals surface area contributed by atoms with E-state index in [1.807, 2.05) is 11.8 Å². The number of urea groups is 1. The van der Waals surface area contributed by atoms with Gasteiger partial charge in [-0.25, -0.2) is 4.79 Å². The molecule has 1 aliphatic rings. The molecule has 2 unspecified atom stereocenters. The molecule has 0 aromatic heterocycles. The Kier molecular flexibility index (Phi) is 6.48. The Morgan fingerprint density at radius 3 is 2.90 bits per heavy atom. The summed E-state index contributed by atoms with van der Waals surface area (Å²) < 4.78 is 0. The molecular weight excluding hydrogens is 331 g/mol. The van der Waals surface area contributed by atoms with Gasteiger partial charge in [0.1, 0.15) is 0 Å². The fourth-order valence-corrected chi connectivity index (χ4v) is 3.88. The summed E-state index contributed by atoms with van der Waals surface area (Å²) in [5, 5.41) is 16.9. The molecule has 3 N–H and O–H groups in total. The predicted octanol–water partition coefficient (Wildman–Crippen LogP) is 3.22. The minimum atomic E-state index is -0.860. The van der Waals surface area contributed by atoms with E-state index in [1.54, 1.807) is 18.2 Å². The van der Waals surface area contributed by atoms with Gasteiger partial charge in [0, 0.05) is 33.9 Å². The summed E-state index contributed by atoms with van der Waals surface area (Å²) in [4.78, 5) is 11.7. The van der Waals surface area contributed by atoms with Crippen LogP contribution in [0, 0.1) is 0 Å². The van der Waals surface area contributed by atoms with E-state index in [9.17, 15) is 9.90 Å². The van der Waals surface area contributed by atoms with Gasteiger partial charge >= 0.3 is 6.03 Å². The van der Waals surface area contributed by atoms with Gasteiger partial charge in [-0.3, -0.25) is 0 Å². The van der Waals surface area contributed by atoms with Gasteiger partial charge in [0.15, 0.2) is 0 Å². The molecule has 1 aromatic rings. The molecule has 1 aliphatic heterocycles. The molecule has 0 spiro atoms. The van der Waals surface area contributed by atoms with Crippen LogP contribution in [-0.4, -0.2) is 35.2 Å². The Morgan fingerprint density at radius 2 is 2.24 bits per heavy atom. The summed E-state index contributed by atoms with van der Waals surface area (Å²) in [6.07, 6.45) is 1.50. The highest BCUT2D eigenvalue weighted by molar-refractivity contribution is 8.00. The lowest BCUT2D eigenvalue weighted by atomic mass is 10.1. The van der Waals surface area contributed by atoms with Gasteiger partial charge in [-0.05, 0) is 30.7 Å². The number of benzene rings is 1. The van der Waals surface area contributed by atoms with Crippen LogP contribution >= 0.6 is 35.0 Å². The molecule has 1 aromatic carbocycles. The van der Waals surface area contributed by atoms with Crippen molar-refractivity contribution < 1.29 is 9.90 Å². The van der Waals surface area contributed by atoms with Gasteiger partial charge < -0.3 is 15.7 Å². The highest BCUT2D eigenvalue weighted by Gasteiger charge is 2.17. The maximum Gasteiger partial charge on any atom is 0.314 e. The van der Waals surface area contributed by atoms with Crippen LogP contribution in [0.2, 0.25) is 10.0 Å². The molecule has 4 nitrogen and oxygen atoms in total. The molecule has 1 saturated heterocycles. The molecule has 1 heterocycles. The van der Waals surface area contributed by atoms with E-state index in [0.717, 1.165) is 6.42 Å². The molecule has 2 rings (SSSR count). The normalized spacial score (nSPS) is 19.3. The third-order valence-corrected chi connectivity index (χ3v) is 5.25. The lowest BCUT2D eigenvalue weighted by Crippen LogP contribution is -2.40. The van der Waals surface area contributed by atoms with Crippen LogP contribution in [0.5, 0.6) is 0 Å². The van der Waals surface area contributed by atoms with Crippen LogP contribution in [0.1, 0.15) is 24.5 Å². The van der Waals surface area contributed by atoms with Crippen molar-refractivity contribution in [3.8, 4) is 0 Å². The predicted molar refractivity (Wildman–Crippen MR) is 88.3 cm³/mol. The number of thioether (sulfide) groups is 1. The van der Waals surface area contributed by atoms with Crippen molar-refractivity contribution in [3.05, 3.63) is 33.8 Å². The first-order valence-electron chi connectivity index (χ1n) is 6.82. The molecule has 2 amide bonds. The number of aliphatic hydroxyl groups is 1. The van der Waals surface area contributed by atoms with Gasteiger partial charge in [-0.15, -0.1) is 0 Å². The molecule has 21 heavy (non-hydrogen) atoms. The summed E-state index contributed by atoms with van der Waals surface area (Å²) in [6, 6.07) is 4.61. The van der Waals surface area contributed by atoms with Crippen LogP contribution in [0.3, 0.4) is 0 Å². The molecule has 0 aliphatic carbocycles. The van der Waals surface area contributed by atoms with Crippen LogP contribution in [0.4, 0.5) is 4.79 Å². The lowest BCUT2D eigenvalue weighted by molar-refractivity contribution is 0.173. The maximum absolute atomic E-state index is 11.7. The van der Waals surface area contributed by atoms with Gasteiger partial charge in [0.2, 0.25) is 0 Å². The zero-order chi connectivity index (χ0) is 15.2. The molecule has 0 saturated carbocycles. The number of halogens is 2. The van der Waals surface area contributed by atoms with E-state index in [2.05, 4.69) is 10.6 Å². The molecule has 0 radical (unpaired) electrons. The SMILES string of the molecule is O=C(NCC1CCCS1)NCC(O)c1ccc(Cl)cc1Cl. The maximum atomic E-state index is 11.7. The summed E-state index contributed by atoms with van der Waals surface area (Å²) >= 11 is 13.7. The average Bonchev–Trinajstić information content (AvgIpc) is 2.95. The highest BCUT2D eigenvalue weighted by atomic mass is 35.5. The first-order chi connectivity index (χ1) is 10.1. The molecule has 1 fully saturated rings. The number of hydrogen-bond donors (Lipinski definition) is 3. The molecule has 116 valence electrons. The van der Waals surface area contributed by atoms with E-state index in [4.69, 9.17) is 23.2 Å². The molecular formula is C14H18Cl2N2O2S. The topological polar surface area (TPSA) is 61.4 Å². The summed E-state index contributed by atoms with van der Waals surface area (Å²) in [7, 11) is 0. The second kappa shape index (κ2) is 8.13. The summed E-state index contributed by atoms with van der Waals surface area (Å²) in [5.41, 5.74) is 0.549. The average molecular weight is 349 g/mol. The Labute approximate surface area is 138 Å². The number of aliphatic hydroxyl groups excluding tert-OH is 1. The zero-order valence-electron chi connectivity index (χ0n) is 11.4. The molecule has 0 bridgehead atoms. The van der Waals surface area contributed by atoms with Crippen molar-refractivity contribution in [2.75, 3.05) is 18.8 Å².